The Balaban J connectivity index is 2.26. The molecule has 96 valence electrons. The summed E-state index contributed by atoms with van der Waals surface area (Å²) in [7, 11) is 0. The SMILES string of the molecule is Cc1cccc2c3c(sc12)OC(C)(C)C(C)(C)O3. The van der Waals surface area contributed by atoms with E-state index in [1.165, 1.54) is 15.6 Å². The van der Waals surface area contributed by atoms with E-state index >= 15 is 0 Å². The van der Waals surface area contributed by atoms with Crippen LogP contribution in [0.5, 0.6) is 10.8 Å². The van der Waals surface area contributed by atoms with Gasteiger partial charge in [0.2, 0.25) is 5.06 Å². The summed E-state index contributed by atoms with van der Waals surface area (Å²) in [6, 6.07) is 6.30. The molecule has 3 rings (SSSR count). The zero-order valence-corrected chi connectivity index (χ0v) is 12.3. The minimum absolute atomic E-state index is 0.325. The van der Waals surface area contributed by atoms with Gasteiger partial charge in [0.15, 0.2) is 5.75 Å². The zero-order chi connectivity index (χ0) is 13.1. The van der Waals surface area contributed by atoms with Crippen molar-refractivity contribution < 1.29 is 9.47 Å². The summed E-state index contributed by atoms with van der Waals surface area (Å²) in [5, 5.41) is 2.07. The molecule has 0 bridgehead atoms. The van der Waals surface area contributed by atoms with Crippen LogP contribution < -0.4 is 9.47 Å². The maximum absolute atomic E-state index is 6.23. The van der Waals surface area contributed by atoms with Crippen LogP contribution in [0, 0.1) is 6.92 Å². The lowest BCUT2D eigenvalue weighted by Gasteiger charge is -2.44. The summed E-state index contributed by atoms with van der Waals surface area (Å²) in [5.74, 6) is 0.906. The molecule has 2 nitrogen and oxygen atoms in total. The number of thiophene rings is 1. The highest BCUT2D eigenvalue weighted by Gasteiger charge is 2.47. The minimum Gasteiger partial charge on any atom is -0.478 e. The van der Waals surface area contributed by atoms with Crippen LogP contribution in [0.4, 0.5) is 0 Å². The molecular formula is C15H18O2S. The normalized spacial score (nSPS) is 20.1. The number of ether oxygens (including phenoxy) is 2. The largest absolute Gasteiger partial charge is 0.478 e. The fourth-order valence-corrected chi connectivity index (χ4v) is 3.29. The molecule has 0 fully saturated rings. The van der Waals surface area contributed by atoms with Gasteiger partial charge in [-0.3, -0.25) is 0 Å². The summed E-state index contributed by atoms with van der Waals surface area (Å²) in [5.41, 5.74) is 0.613. The molecule has 1 aromatic carbocycles. The van der Waals surface area contributed by atoms with Crippen LogP contribution in [0.15, 0.2) is 18.2 Å². The lowest BCUT2D eigenvalue weighted by atomic mass is 9.88. The second kappa shape index (κ2) is 3.41. The van der Waals surface area contributed by atoms with Crippen molar-refractivity contribution in [3.63, 3.8) is 0 Å². The predicted octanol–water partition coefficient (Wildman–Crippen LogP) is 4.54. The van der Waals surface area contributed by atoms with E-state index in [0.29, 0.717) is 0 Å². The summed E-state index contributed by atoms with van der Waals surface area (Å²) in [6.45, 7) is 10.4. The van der Waals surface area contributed by atoms with Gasteiger partial charge >= 0.3 is 0 Å². The molecule has 0 unspecified atom stereocenters. The molecule has 2 heterocycles. The van der Waals surface area contributed by atoms with Crippen molar-refractivity contribution in [2.45, 2.75) is 45.8 Å². The van der Waals surface area contributed by atoms with Gasteiger partial charge < -0.3 is 9.47 Å². The molecule has 0 saturated heterocycles. The predicted molar refractivity (Wildman–Crippen MR) is 76.0 cm³/mol. The molecule has 0 atom stereocenters. The summed E-state index contributed by atoms with van der Waals surface area (Å²) in [6.07, 6.45) is 0. The van der Waals surface area contributed by atoms with Crippen molar-refractivity contribution in [1.29, 1.82) is 0 Å². The van der Waals surface area contributed by atoms with Gasteiger partial charge in [0.05, 0.1) is 0 Å². The van der Waals surface area contributed by atoms with Gasteiger partial charge in [-0.1, -0.05) is 23.5 Å². The highest BCUT2D eigenvalue weighted by atomic mass is 32.1. The molecule has 2 aromatic rings. The molecule has 18 heavy (non-hydrogen) atoms. The highest BCUT2D eigenvalue weighted by Crippen LogP contribution is 2.52. The second-order valence-electron chi connectivity index (χ2n) is 5.89. The van der Waals surface area contributed by atoms with Crippen LogP contribution in [-0.2, 0) is 0 Å². The van der Waals surface area contributed by atoms with Crippen molar-refractivity contribution in [1.82, 2.24) is 0 Å². The fraction of sp³-hybridized carbons (Fsp3) is 0.467. The fourth-order valence-electron chi connectivity index (χ4n) is 2.11. The van der Waals surface area contributed by atoms with Gasteiger partial charge in [-0.05, 0) is 46.2 Å². The van der Waals surface area contributed by atoms with Gasteiger partial charge in [-0.25, -0.2) is 0 Å². The zero-order valence-electron chi connectivity index (χ0n) is 11.5. The van der Waals surface area contributed by atoms with E-state index in [2.05, 4.69) is 52.8 Å². The highest BCUT2D eigenvalue weighted by molar-refractivity contribution is 7.21. The van der Waals surface area contributed by atoms with Crippen LogP contribution in [0.3, 0.4) is 0 Å². The molecule has 0 aliphatic carbocycles. The second-order valence-corrected chi connectivity index (χ2v) is 6.88. The van der Waals surface area contributed by atoms with E-state index in [9.17, 15) is 0 Å². The first kappa shape index (κ1) is 11.8. The quantitative estimate of drug-likeness (QED) is 0.694. The Morgan fingerprint density at radius 2 is 1.67 bits per heavy atom. The van der Waals surface area contributed by atoms with Crippen molar-refractivity contribution in [3.8, 4) is 10.8 Å². The number of aryl methyl sites for hydroxylation is 1. The Bertz CT molecular complexity index is 623. The first-order valence-corrected chi connectivity index (χ1v) is 7.04. The number of benzene rings is 1. The Labute approximate surface area is 112 Å². The first-order valence-electron chi connectivity index (χ1n) is 6.22. The van der Waals surface area contributed by atoms with Gasteiger partial charge in [0.1, 0.15) is 11.2 Å². The molecule has 3 heteroatoms. The molecule has 0 N–H and O–H groups in total. The van der Waals surface area contributed by atoms with Crippen molar-refractivity contribution in [2.75, 3.05) is 0 Å². The van der Waals surface area contributed by atoms with Crippen LogP contribution in [0.25, 0.3) is 10.1 Å². The topological polar surface area (TPSA) is 18.5 Å². The Morgan fingerprint density at radius 1 is 1.00 bits per heavy atom. The average molecular weight is 262 g/mol. The molecule has 1 aliphatic rings. The van der Waals surface area contributed by atoms with Gasteiger partial charge in [0.25, 0.3) is 0 Å². The van der Waals surface area contributed by atoms with Gasteiger partial charge in [-0.2, -0.15) is 0 Å². The molecule has 1 aliphatic heterocycles. The number of rotatable bonds is 0. The molecule has 0 radical (unpaired) electrons. The van der Waals surface area contributed by atoms with E-state index in [1.54, 1.807) is 11.3 Å². The average Bonchev–Trinajstić information content (AvgIpc) is 2.57. The Hall–Kier alpha value is -1.22. The third-order valence-corrected chi connectivity index (χ3v) is 5.19. The van der Waals surface area contributed by atoms with Crippen LogP contribution in [0.2, 0.25) is 0 Å². The first-order chi connectivity index (χ1) is 8.32. The summed E-state index contributed by atoms with van der Waals surface area (Å²) < 4.78 is 13.7. The van der Waals surface area contributed by atoms with E-state index in [4.69, 9.17) is 9.47 Å². The third-order valence-electron chi connectivity index (χ3n) is 3.99. The van der Waals surface area contributed by atoms with E-state index in [0.717, 1.165) is 10.8 Å². The smallest absolute Gasteiger partial charge is 0.218 e. The monoisotopic (exact) mass is 262 g/mol. The van der Waals surface area contributed by atoms with E-state index in [1.807, 2.05) is 0 Å². The lowest BCUT2D eigenvalue weighted by molar-refractivity contribution is -0.0951. The van der Waals surface area contributed by atoms with Crippen molar-refractivity contribution in [2.24, 2.45) is 0 Å². The maximum atomic E-state index is 6.23. The number of hydrogen-bond acceptors (Lipinski definition) is 3. The van der Waals surface area contributed by atoms with Gasteiger partial charge in [0, 0.05) is 10.1 Å². The molecule has 0 saturated carbocycles. The third kappa shape index (κ3) is 1.46. The van der Waals surface area contributed by atoms with E-state index < -0.39 is 0 Å². The van der Waals surface area contributed by atoms with Gasteiger partial charge in [-0.15, -0.1) is 0 Å². The van der Waals surface area contributed by atoms with E-state index in [-0.39, 0.29) is 11.2 Å². The number of hydrogen-bond donors (Lipinski definition) is 0. The van der Waals surface area contributed by atoms with Crippen LogP contribution in [-0.4, -0.2) is 11.2 Å². The van der Waals surface area contributed by atoms with Crippen molar-refractivity contribution in [3.05, 3.63) is 23.8 Å². The minimum atomic E-state index is -0.336. The molecule has 1 aromatic heterocycles. The maximum Gasteiger partial charge on any atom is 0.218 e. The summed E-state index contributed by atoms with van der Waals surface area (Å²) in [4.78, 5) is 0. The van der Waals surface area contributed by atoms with Crippen LogP contribution in [0.1, 0.15) is 33.3 Å². The van der Waals surface area contributed by atoms with Crippen molar-refractivity contribution >= 4 is 21.4 Å². The Morgan fingerprint density at radius 3 is 2.39 bits per heavy atom. The summed E-state index contributed by atoms with van der Waals surface area (Å²) >= 11 is 1.68. The van der Waals surface area contributed by atoms with Crippen LogP contribution >= 0.6 is 11.3 Å². The molecule has 0 amide bonds. The lowest BCUT2D eigenvalue weighted by Crippen LogP contribution is -2.55. The Kier molecular flexibility index (Phi) is 2.25. The molecule has 0 spiro atoms. The number of fused-ring (bicyclic) bond motifs is 3. The molecular weight excluding hydrogens is 244 g/mol. The standard InChI is InChI=1S/C15H18O2S/c1-9-7-6-8-10-11-13(18-12(9)10)17-15(4,5)14(2,3)16-11/h6-8H,1-5H3.